The van der Waals surface area contributed by atoms with Gasteiger partial charge in [0.2, 0.25) is 0 Å². The zero-order valence-electron chi connectivity index (χ0n) is 13.0. The third-order valence-corrected chi connectivity index (χ3v) is 4.33. The van der Waals surface area contributed by atoms with Crippen LogP contribution in [-0.4, -0.2) is 11.9 Å². The second kappa shape index (κ2) is 5.95. The summed E-state index contributed by atoms with van der Waals surface area (Å²) < 4.78 is 11.1. The van der Waals surface area contributed by atoms with Crippen molar-refractivity contribution in [2.24, 2.45) is 0 Å². The summed E-state index contributed by atoms with van der Waals surface area (Å²) in [6.45, 7) is 3.20. The van der Waals surface area contributed by atoms with Gasteiger partial charge in [0.15, 0.2) is 11.9 Å². The summed E-state index contributed by atoms with van der Waals surface area (Å²) in [5.74, 6) is 0.510. The molecule has 0 fully saturated rings. The van der Waals surface area contributed by atoms with Crippen molar-refractivity contribution in [3.8, 4) is 5.75 Å². The lowest BCUT2D eigenvalue weighted by molar-refractivity contribution is -0.122. The SMILES string of the molecule is CC(=O)[C@@H](C)Oc1ccc2c3c(c(=O)oc2c1)CCCCC3. The molecule has 2 aromatic rings. The van der Waals surface area contributed by atoms with Crippen molar-refractivity contribution in [3.05, 3.63) is 39.7 Å². The number of rotatable bonds is 3. The fourth-order valence-electron chi connectivity index (χ4n) is 2.96. The van der Waals surface area contributed by atoms with Crippen LogP contribution in [0, 0.1) is 0 Å². The van der Waals surface area contributed by atoms with E-state index in [2.05, 4.69) is 0 Å². The van der Waals surface area contributed by atoms with Gasteiger partial charge in [0, 0.05) is 17.0 Å². The summed E-state index contributed by atoms with van der Waals surface area (Å²) in [7, 11) is 0. The van der Waals surface area contributed by atoms with Crippen LogP contribution in [0.1, 0.15) is 44.2 Å². The monoisotopic (exact) mass is 300 g/mol. The van der Waals surface area contributed by atoms with E-state index in [1.165, 1.54) is 6.92 Å². The van der Waals surface area contributed by atoms with Crippen molar-refractivity contribution in [3.63, 3.8) is 0 Å². The molecule has 3 rings (SSSR count). The van der Waals surface area contributed by atoms with E-state index in [0.717, 1.165) is 48.6 Å². The Balaban J connectivity index is 2.07. The van der Waals surface area contributed by atoms with Crippen molar-refractivity contribution in [2.45, 2.75) is 52.1 Å². The van der Waals surface area contributed by atoms with Crippen molar-refractivity contribution >= 4 is 16.8 Å². The minimum Gasteiger partial charge on any atom is -0.483 e. The summed E-state index contributed by atoms with van der Waals surface area (Å²) >= 11 is 0. The van der Waals surface area contributed by atoms with Crippen LogP contribution in [0.4, 0.5) is 0 Å². The number of hydrogen-bond acceptors (Lipinski definition) is 4. The molecule has 0 amide bonds. The largest absolute Gasteiger partial charge is 0.483 e. The molecule has 0 N–H and O–H groups in total. The number of benzene rings is 1. The van der Waals surface area contributed by atoms with E-state index in [1.807, 2.05) is 12.1 Å². The summed E-state index contributed by atoms with van der Waals surface area (Å²) in [6, 6.07) is 5.49. The van der Waals surface area contributed by atoms with E-state index in [9.17, 15) is 9.59 Å². The average Bonchev–Trinajstić information content (AvgIpc) is 2.73. The lowest BCUT2D eigenvalue weighted by atomic mass is 10.0. The van der Waals surface area contributed by atoms with Crippen LogP contribution in [0.5, 0.6) is 5.75 Å². The fourth-order valence-corrected chi connectivity index (χ4v) is 2.96. The second-order valence-electron chi connectivity index (χ2n) is 5.94. The van der Waals surface area contributed by atoms with Crippen LogP contribution in [-0.2, 0) is 17.6 Å². The molecule has 0 radical (unpaired) electrons. The summed E-state index contributed by atoms with van der Waals surface area (Å²) in [5.41, 5.74) is 2.26. The molecule has 0 saturated heterocycles. The Kier molecular flexibility index (Phi) is 4.01. The van der Waals surface area contributed by atoms with E-state index in [1.54, 1.807) is 13.0 Å². The molecule has 1 aliphatic carbocycles. The number of Topliss-reactive ketones (excluding diaryl/α,β-unsaturated/α-hetero) is 1. The Labute approximate surface area is 129 Å². The van der Waals surface area contributed by atoms with Gasteiger partial charge in [0.25, 0.3) is 0 Å². The molecular formula is C18H20O4. The van der Waals surface area contributed by atoms with Crippen LogP contribution in [0.3, 0.4) is 0 Å². The van der Waals surface area contributed by atoms with Gasteiger partial charge in [0.05, 0.1) is 0 Å². The number of hydrogen-bond donors (Lipinski definition) is 0. The van der Waals surface area contributed by atoms with Gasteiger partial charge in [-0.25, -0.2) is 4.79 Å². The molecule has 0 spiro atoms. The molecule has 22 heavy (non-hydrogen) atoms. The first-order valence-corrected chi connectivity index (χ1v) is 7.82. The number of ether oxygens (including phenoxy) is 1. The molecule has 1 aromatic heterocycles. The van der Waals surface area contributed by atoms with Crippen molar-refractivity contribution < 1.29 is 13.9 Å². The summed E-state index contributed by atoms with van der Waals surface area (Å²) in [4.78, 5) is 23.5. The van der Waals surface area contributed by atoms with E-state index in [-0.39, 0.29) is 11.4 Å². The topological polar surface area (TPSA) is 56.5 Å². The first kappa shape index (κ1) is 14.8. The minimum atomic E-state index is -0.509. The fraction of sp³-hybridized carbons (Fsp3) is 0.444. The molecule has 1 aliphatic rings. The number of carbonyl (C=O) groups excluding carboxylic acids is 1. The number of fused-ring (bicyclic) bond motifs is 3. The Morgan fingerprint density at radius 3 is 2.64 bits per heavy atom. The zero-order chi connectivity index (χ0) is 15.7. The van der Waals surface area contributed by atoms with Gasteiger partial charge in [-0.2, -0.15) is 0 Å². The van der Waals surface area contributed by atoms with Crippen LogP contribution < -0.4 is 10.4 Å². The van der Waals surface area contributed by atoms with Crippen LogP contribution in [0.2, 0.25) is 0 Å². The minimum absolute atomic E-state index is 0.0384. The highest BCUT2D eigenvalue weighted by Gasteiger charge is 2.18. The van der Waals surface area contributed by atoms with Gasteiger partial charge < -0.3 is 9.15 Å². The maximum atomic E-state index is 12.2. The van der Waals surface area contributed by atoms with Gasteiger partial charge in [-0.1, -0.05) is 6.42 Å². The molecule has 1 atom stereocenters. The highest BCUT2D eigenvalue weighted by molar-refractivity contribution is 5.83. The Hall–Kier alpha value is -2.10. The van der Waals surface area contributed by atoms with E-state index < -0.39 is 6.10 Å². The van der Waals surface area contributed by atoms with E-state index in [4.69, 9.17) is 9.15 Å². The molecule has 1 heterocycles. The molecule has 0 aliphatic heterocycles. The van der Waals surface area contributed by atoms with E-state index >= 15 is 0 Å². The average molecular weight is 300 g/mol. The third-order valence-electron chi connectivity index (χ3n) is 4.33. The molecule has 0 bridgehead atoms. The standard InChI is InChI=1S/C18H20O4/c1-11(19)12(2)21-13-8-9-15-14-6-4-3-5-7-16(14)18(20)22-17(15)10-13/h8-10,12H,3-7H2,1-2H3/t12-/m1/s1. The van der Waals surface area contributed by atoms with Crippen LogP contribution >= 0.6 is 0 Å². The van der Waals surface area contributed by atoms with Crippen LogP contribution in [0.25, 0.3) is 11.0 Å². The van der Waals surface area contributed by atoms with Gasteiger partial charge in [-0.3, -0.25) is 4.79 Å². The third kappa shape index (κ3) is 2.78. The highest BCUT2D eigenvalue weighted by Crippen LogP contribution is 2.28. The van der Waals surface area contributed by atoms with Gasteiger partial charge in [-0.15, -0.1) is 0 Å². The van der Waals surface area contributed by atoms with Gasteiger partial charge >= 0.3 is 5.63 Å². The molecule has 0 saturated carbocycles. The van der Waals surface area contributed by atoms with E-state index in [0.29, 0.717) is 11.3 Å². The number of ketones is 1. The predicted octanol–water partition coefficient (Wildman–Crippen LogP) is 3.42. The molecule has 0 unspecified atom stereocenters. The molecule has 116 valence electrons. The second-order valence-corrected chi connectivity index (χ2v) is 5.94. The van der Waals surface area contributed by atoms with Crippen molar-refractivity contribution in [1.29, 1.82) is 0 Å². The van der Waals surface area contributed by atoms with Gasteiger partial charge in [-0.05, 0) is 57.2 Å². The van der Waals surface area contributed by atoms with Crippen LogP contribution in [0.15, 0.2) is 27.4 Å². The first-order valence-electron chi connectivity index (χ1n) is 7.82. The smallest absolute Gasteiger partial charge is 0.339 e. The summed E-state index contributed by atoms with van der Waals surface area (Å²) in [5, 5.41) is 0.985. The molecule has 1 aromatic carbocycles. The highest BCUT2D eigenvalue weighted by atomic mass is 16.5. The molecule has 4 heteroatoms. The number of aryl methyl sites for hydroxylation is 1. The summed E-state index contributed by atoms with van der Waals surface area (Å²) in [6.07, 6.45) is 4.50. The zero-order valence-corrected chi connectivity index (χ0v) is 13.0. The lowest BCUT2D eigenvalue weighted by Gasteiger charge is -2.13. The van der Waals surface area contributed by atoms with Crippen molar-refractivity contribution in [1.82, 2.24) is 0 Å². The normalized spacial score (nSPS) is 15.9. The van der Waals surface area contributed by atoms with Crippen molar-refractivity contribution in [2.75, 3.05) is 0 Å². The quantitative estimate of drug-likeness (QED) is 0.644. The Morgan fingerprint density at radius 2 is 1.91 bits per heavy atom. The first-order chi connectivity index (χ1) is 10.6. The van der Waals surface area contributed by atoms with Gasteiger partial charge in [0.1, 0.15) is 11.3 Å². The molecular weight excluding hydrogens is 280 g/mol. The lowest BCUT2D eigenvalue weighted by Crippen LogP contribution is -2.20. The molecule has 4 nitrogen and oxygen atoms in total. The predicted molar refractivity (Wildman–Crippen MR) is 84.5 cm³/mol. The Bertz CT molecular complexity index is 772. The number of carbonyl (C=O) groups is 1. The maximum absolute atomic E-state index is 12.2. The Morgan fingerprint density at radius 1 is 1.18 bits per heavy atom. The maximum Gasteiger partial charge on any atom is 0.339 e.